The minimum absolute atomic E-state index is 0.156. The maximum Gasteiger partial charge on any atom is 0.472 e. The van der Waals surface area contributed by atoms with Crippen LogP contribution >= 0.6 is 7.82 Å². The smallest absolute Gasteiger partial charge is 0.472 e. The van der Waals surface area contributed by atoms with E-state index in [2.05, 4.69) is 54.8 Å². The van der Waals surface area contributed by atoms with Gasteiger partial charge in [0, 0.05) is 12.8 Å². The third-order valence-electron chi connectivity index (χ3n) is 9.86. The second-order valence-electron chi connectivity index (χ2n) is 15.5. The van der Waals surface area contributed by atoms with Gasteiger partial charge in [-0.05, 0) is 70.6 Å². The number of phosphoric acid groups is 1. The highest BCUT2D eigenvalue weighted by atomic mass is 31.2. The molecule has 0 aromatic rings. The van der Waals surface area contributed by atoms with E-state index >= 15 is 0 Å². The van der Waals surface area contributed by atoms with Crippen LogP contribution in [0.2, 0.25) is 0 Å². The number of nitrogens with two attached hydrogens (primary N) is 1. The van der Waals surface area contributed by atoms with Crippen molar-refractivity contribution in [3.8, 4) is 0 Å². The summed E-state index contributed by atoms with van der Waals surface area (Å²) in [5, 5.41) is 8.90. The monoisotopic (exact) mass is 842 g/mol. The molecule has 0 spiro atoms. The standard InChI is InChI=1S/C46H84NO10P/c1-3-5-7-9-11-13-15-17-19-20-21-22-24-26-28-30-32-34-36-38-45(49)57-42(40-55-58(52,53)56-41-43(47)46(50)51)39-54-44(48)37-35-33-31-29-27-25-23-18-16-14-12-10-8-6-4-2/h11,13-14,16-17,19,42-43H,3-10,12,15,18,20-41,47H2,1-2H3,(H,50,51)(H,52,53)/b13-11-,16-14-,19-17-/t42-,43+/m1/s1. The van der Waals surface area contributed by atoms with Gasteiger partial charge in [-0.15, -0.1) is 0 Å². The van der Waals surface area contributed by atoms with Gasteiger partial charge in [0.1, 0.15) is 12.6 Å². The molecule has 0 aliphatic carbocycles. The summed E-state index contributed by atoms with van der Waals surface area (Å²) in [4.78, 5) is 46.0. The first-order valence-electron chi connectivity index (χ1n) is 23.0. The summed E-state index contributed by atoms with van der Waals surface area (Å²) in [6.07, 6.45) is 44.8. The molecule has 12 heteroatoms. The lowest BCUT2D eigenvalue weighted by Crippen LogP contribution is -2.34. The predicted molar refractivity (Wildman–Crippen MR) is 235 cm³/mol. The molecule has 0 heterocycles. The number of aliphatic carboxylic acids is 1. The molecule has 0 bridgehead atoms. The number of carboxylic acid groups (broad SMARTS) is 1. The second kappa shape index (κ2) is 41.4. The van der Waals surface area contributed by atoms with Crippen molar-refractivity contribution in [2.24, 2.45) is 5.73 Å². The molecule has 0 aromatic heterocycles. The number of hydrogen-bond donors (Lipinski definition) is 3. The van der Waals surface area contributed by atoms with Gasteiger partial charge in [-0.25, -0.2) is 4.57 Å². The molecule has 0 saturated carbocycles. The zero-order valence-electron chi connectivity index (χ0n) is 36.6. The number of esters is 2. The summed E-state index contributed by atoms with van der Waals surface area (Å²) in [6.45, 7) is 2.77. The maximum atomic E-state index is 12.6. The number of allylic oxidation sites excluding steroid dienone is 6. The van der Waals surface area contributed by atoms with Crippen LogP contribution < -0.4 is 5.73 Å². The van der Waals surface area contributed by atoms with E-state index in [1.54, 1.807) is 0 Å². The third kappa shape index (κ3) is 40.5. The summed E-state index contributed by atoms with van der Waals surface area (Å²) >= 11 is 0. The van der Waals surface area contributed by atoms with E-state index in [-0.39, 0.29) is 19.4 Å². The van der Waals surface area contributed by atoms with Crippen LogP contribution in [0.1, 0.15) is 206 Å². The fourth-order valence-corrected chi connectivity index (χ4v) is 6.99. The molecule has 0 aliphatic heterocycles. The van der Waals surface area contributed by atoms with E-state index in [0.717, 1.165) is 57.8 Å². The van der Waals surface area contributed by atoms with Crippen molar-refractivity contribution in [2.45, 2.75) is 219 Å². The van der Waals surface area contributed by atoms with Crippen molar-refractivity contribution in [3.05, 3.63) is 36.5 Å². The van der Waals surface area contributed by atoms with Gasteiger partial charge in [0.2, 0.25) is 0 Å². The summed E-state index contributed by atoms with van der Waals surface area (Å²) in [6, 6.07) is -1.52. The van der Waals surface area contributed by atoms with Gasteiger partial charge in [0.25, 0.3) is 0 Å². The van der Waals surface area contributed by atoms with E-state index in [0.29, 0.717) is 12.8 Å². The largest absolute Gasteiger partial charge is 0.480 e. The van der Waals surface area contributed by atoms with Crippen molar-refractivity contribution in [3.63, 3.8) is 0 Å². The number of carbonyl (C=O) groups excluding carboxylic acids is 2. The SMILES string of the molecule is CCCCC/C=C\C/C=C\CCCCCCCCCCCC(=O)O[C@H](COC(=O)CCCCCCCCC/C=C\CCCCCC)COP(=O)(O)OC[C@H](N)C(=O)O. The summed E-state index contributed by atoms with van der Waals surface area (Å²) < 4.78 is 32.7. The van der Waals surface area contributed by atoms with Crippen molar-refractivity contribution >= 4 is 25.7 Å². The molecular weight excluding hydrogens is 757 g/mol. The Morgan fingerprint density at radius 3 is 1.40 bits per heavy atom. The molecule has 58 heavy (non-hydrogen) atoms. The fourth-order valence-electron chi connectivity index (χ4n) is 6.21. The summed E-state index contributed by atoms with van der Waals surface area (Å²) in [5.41, 5.74) is 5.34. The third-order valence-corrected chi connectivity index (χ3v) is 10.8. The van der Waals surface area contributed by atoms with Gasteiger partial charge in [0.05, 0.1) is 13.2 Å². The maximum absolute atomic E-state index is 12.6. The van der Waals surface area contributed by atoms with Gasteiger partial charge in [-0.3, -0.25) is 23.4 Å². The van der Waals surface area contributed by atoms with Crippen LogP contribution in [0, 0.1) is 0 Å². The first kappa shape index (κ1) is 55.7. The molecule has 4 N–H and O–H groups in total. The molecule has 1 unspecified atom stereocenters. The van der Waals surface area contributed by atoms with Crippen molar-refractivity contribution in [2.75, 3.05) is 19.8 Å². The van der Waals surface area contributed by atoms with Crippen molar-refractivity contribution in [1.82, 2.24) is 0 Å². The molecule has 11 nitrogen and oxygen atoms in total. The Kier molecular flexibility index (Phi) is 39.8. The number of ether oxygens (including phenoxy) is 2. The lowest BCUT2D eigenvalue weighted by molar-refractivity contribution is -0.161. The van der Waals surface area contributed by atoms with Crippen molar-refractivity contribution in [1.29, 1.82) is 0 Å². The number of phosphoric ester groups is 1. The Morgan fingerprint density at radius 2 is 0.914 bits per heavy atom. The quantitative estimate of drug-likeness (QED) is 0.0231. The van der Waals surface area contributed by atoms with Crippen LogP contribution in [0.3, 0.4) is 0 Å². The average Bonchev–Trinajstić information content (AvgIpc) is 3.20. The molecule has 0 amide bonds. The fraction of sp³-hybridized carbons (Fsp3) is 0.804. The number of carbonyl (C=O) groups is 3. The number of rotatable bonds is 43. The highest BCUT2D eigenvalue weighted by molar-refractivity contribution is 7.47. The Labute approximate surface area is 353 Å². The molecule has 0 aromatic carbocycles. The molecule has 0 aliphatic rings. The molecule has 0 saturated heterocycles. The molecule has 338 valence electrons. The van der Waals surface area contributed by atoms with Gasteiger partial charge < -0.3 is 25.2 Å². The molecule has 0 fully saturated rings. The minimum Gasteiger partial charge on any atom is -0.480 e. The average molecular weight is 842 g/mol. The summed E-state index contributed by atoms with van der Waals surface area (Å²) in [5.74, 6) is -2.38. The summed E-state index contributed by atoms with van der Waals surface area (Å²) in [7, 11) is -4.72. The van der Waals surface area contributed by atoms with Crippen LogP contribution in [0.15, 0.2) is 36.5 Å². The molecule has 0 radical (unpaired) electrons. The van der Waals surface area contributed by atoms with Gasteiger partial charge in [-0.1, -0.05) is 159 Å². The van der Waals surface area contributed by atoms with E-state index in [1.807, 2.05) is 0 Å². The molecule has 3 atom stereocenters. The highest BCUT2D eigenvalue weighted by Crippen LogP contribution is 2.43. The predicted octanol–water partition coefficient (Wildman–Crippen LogP) is 12.4. The first-order chi connectivity index (χ1) is 28.1. The number of hydrogen-bond acceptors (Lipinski definition) is 9. The van der Waals surface area contributed by atoms with Crippen LogP contribution in [0.4, 0.5) is 0 Å². The molecule has 0 rings (SSSR count). The normalized spacial score (nSPS) is 14.0. The van der Waals surface area contributed by atoms with Gasteiger partial charge >= 0.3 is 25.7 Å². The Morgan fingerprint density at radius 1 is 0.534 bits per heavy atom. The van der Waals surface area contributed by atoms with Crippen molar-refractivity contribution < 1.29 is 47.5 Å². The first-order valence-corrected chi connectivity index (χ1v) is 24.5. The lowest BCUT2D eigenvalue weighted by Gasteiger charge is -2.20. The second-order valence-corrected chi connectivity index (χ2v) is 17.0. The van der Waals surface area contributed by atoms with Crippen LogP contribution in [0.25, 0.3) is 0 Å². The Balaban J connectivity index is 4.32. The number of unbranched alkanes of at least 4 members (excludes halogenated alkanes) is 23. The van der Waals surface area contributed by atoms with Gasteiger partial charge in [0.15, 0.2) is 6.10 Å². The van der Waals surface area contributed by atoms with E-state index in [9.17, 15) is 23.8 Å². The zero-order chi connectivity index (χ0) is 42.8. The van der Waals surface area contributed by atoms with E-state index in [4.69, 9.17) is 24.8 Å². The number of carboxylic acids is 1. The van der Waals surface area contributed by atoms with Crippen LogP contribution in [-0.2, 0) is 37.5 Å². The van der Waals surface area contributed by atoms with Crippen LogP contribution in [0.5, 0.6) is 0 Å². The van der Waals surface area contributed by atoms with Gasteiger partial charge in [-0.2, -0.15) is 0 Å². The van der Waals surface area contributed by atoms with E-state index < -0.39 is 51.1 Å². The zero-order valence-corrected chi connectivity index (χ0v) is 37.5. The topological polar surface area (TPSA) is 172 Å². The Bertz CT molecular complexity index is 1130. The van der Waals surface area contributed by atoms with Crippen LogP contribution in [-0.4, -0.2) is 59.9 Å². The molecular formula is C46H84NO10P. The highest BCUT2D eigenvalue weighted by Gasteiger charge is 2.28. The lowest BCUT2D eigenvalue weighted by atomic mass is 10.1. The Hall–Kier alpha value is -2.30. The van der Waals surface area contributed by atoms with E-state index in [1.165, 1.54) is 109 Å². The minimum atomic E-state index is -4.72.